The topological polar surface area (TPSA) is 67.5 Å². The normalized spacial score (nSPS) is 30.0. The predicted octanol–water partition coefficient (Wildman–Crippen LogP) is 6.17. The number of ether oxygens (including phenoxy) is 1. The summed E-state index contributed by atoms with van der Waals surface area (Å²) in [5, 5.41) is -0.608. The van der Waals surface area contributed by atoms with Crippen LogP contribution in [0.5, 0.6) is 5.75 Å². The molecule has 1 aromatic heterocycles. The van der Waals surface area contributed by atoms with Crippen molar-refractivity contribution in [1.29, 1.82) is 0 Å². The second-order valence-corrected chi connectivity index (χ2v) is 11.7. The zero-order valence-corrected chi connectivity index (χ0v) is 21.7. The van der Waals surface area contributed by atoms with Gasteiger partial charge in [0.25, 0.3) is 0 Å². The molecule has 1 saturated heterocycles. The van der Waals surface area contributed by atoms with Crippen LogP contribution >= 0.6 is 11.6 Å². The smallest absolute Gasteiger partial charge is 0.420 e. The Morgan fingerprint density at radius 2 is 1.70 bits per heavy atom. The molecule has 4 bridgehead atoms. The lowest BCUT2D eigenvalue weighted by Gasteiger charge is -2.58. The van der Waals surface area contributed by atoms with Crippen molar-refractivity contribution < 1.29 is 17.9 Å². The first-order valence-corrected chi connectivity index (χ1v) is 13.7. The summed E-state index contributed by atoms with van der Waals surface area (Å²) < 4.78 is 45.7. The number of methoxy groups -OCH3 is 1. The van der Waals surface area contributed by atoms with E-state index in [1.807, 2.05) is 11.0 Å². The number of nitrogen functional groups attached to an aromatic ring is 1. The molecule has 0 atom stereocenters. The third-order valence-corrected chi connectivity index (χ3v) is 9.46. The summed E-state index contributed by atoms with van der Waals surface area (Å²) in [6.07, 6.45) is 4.80. The van der Waals surface area contributed by atoms with Gasteiger partial charge in [0, 0.05) is 43.1 Å². The molecule has 1 aromatic carbocycles. The van der Waals surface area contributed by atoms with Crippen molar-refractivity contribution in [2.24, 2.45) is 23.7 Å². The molecule has 0 radical (unpaired) electrons. The molecule has 200 valence electrons. The molecule has 10 heteroatoms. The Labute approximate surface area is 220 Å². The van der Waals surface area contributed by atoms with E-state index < -0.39 is 16.9 Å². The number of likely N-dealkylation sites (tertiary alicyclic amines) is 1. The van der Waals surface area contributed by atoms with Crippen LogP contribution in [0.1, 0.15) is 50.5 Å². The molecule has 2 N–H and O–H groups in total. The zero-order chi connectivity index (χ0) is 25.9. The number of nitrogens with two attached hydrogens (primary N) is 1. The van der Waals surface area contributed by atoms with E-state index >= 15 is 0 Å². The van der Waals surface area contributed by atoms with E-state index in [0.717, 1.165) is 55.8 Å². The van der Waals surface area contributed by atoms with Crippen LogP contribution < -0.4 is 15.4 Å². The summed E-state index contributed by atoms with van der Waals surface area (Å²) in [5.74, 6) is 4.16. The monoisotopic (exact) mass is 535 g/mol. The van der Waals surface area contributed by atoms with Gasteiger partial charge in [0.1, 0.15) is 16.5 Å². The van der Waals surface area contributed by atoms with Gasteiger partial charge in [-0.05, 0) is 80.8 Å². The second-order valence-electron chi connectivity index (χ2n) is 11.4. The summed E-state index contributed by atoms with van der Waals surface area (Å²) in [4.78, 5) is 12.8. The number of halogens is 4. The van der Waals surface area contributed by atoms with Gasteiger partial charge < -0.3 is 15.4 Å². The van der Waals surface area contributed by atoms with Crippen molar-refractivity contribution in [2.45, 2.75) is 63.2 Å². The molecule has 4 saturated carbocycles. The molecule has 2 aromatic rings. The molecule has 0 spiro atoms. The van der Waals surface area contributed by atoms with Crippen molar-refractivity contribution in [3.05, 3.63) is 35.1 Å². The SMILES string of the molecule is COc1cc(N)ccc1N(c1ncc(C(F)(F)F)c(Cl)n1)C1CCN(C2C3CC4CC(C3)CC2C4)CC1. The number of hydrogen-bond acceptors (Lipinski definition) is 6. The number of anilines is 3. The van der Waals surface area contributed by atoms with Gasteiger partial charge in [0.15, 0.2) is 0 Å². The molecule has 7 rings (SSSR count). The maximum absolute atomic E-state index is 13.3. The zero-order valence-electron chi connectivity index (χ0n) is 20.9. The maximum atomic E-state index is 13.3. The van der Waals surface area contributed by atoms with Crippen LogP contribution in [0.4, 0.5) is 30.5 Å². The second kappa shape index (κ2) is 9.49. The highest BCUT2D eigenvalue weighted by Crippen LogP contribution is 2.55. The van der Waals surface area contributed by atoms with E-state index in [0.29, 0.717) is 23.2 Å². The summed E-state index contributed by atoms with van der Waals surface area (Å²) in [6.45, 7) is 1.89. The molecule has 0 unspecified atom stereocenters. The Kier molecular flexibility index (Phi) is 6.42. The Hall–Kier alpha value is -2.26. The van der Waals surface area contributed by atoms with E-state index in [1.54, 1.807) is 19.2 Å². The number of aromatic nitrogens is 2. The van der Waals surface area contributed by atoms with Crippen LogP contribution in [0, 0.1) is 23.7 Å². The van der Waals surface area contributed by atoms with Crippen molar-refractivity contribution in [1.82, 2.24) is 14.9 Å². The standard InChI is InChI=1S/C27H33ClF3N5O/c1-37-23-13-19(32)2-3-22(23)36(26-33-14-21(25(28)34-26)27(29,30)31)20-4-6-35(7-5-20)24-17-9-15-8-16(11-17)12-18(24)10-15/h2-3,13-18,20,24H,4-12,32H2,1H3. The number of alkyl halides is 3. The van der Waals surface area contributed by atoms with Crippen molar-refractivity contribution in [3.8, 4) is 5.75 Å². The Balaban J connectivity index is 1.28. The van der Waals surface area contributed by atoms with Gasteiger partial charge in [0.05, 0.1) is 12.8 Å². The molecule has 0 amide bonds. The van der Waals surface area contributed by atoms with Gasteiger partial charge >= 0.3 is 6.18 Å². The minimum absolute atomic E-state index is 0.0154. The molecule has 5 fully saturated rings. The Bertz CT molecular complexity index is 1130. The summed E-state index contributed by atoms with van der Waals surface area (Å²) in [7, 11) is 1.55. The molecular formula is C27H33ClF3N5O. The number of piperidine rings is 1. The van der Waals surface area contributed by atoms with Crippen molar-refractivity contribution in [2.75, 3.05) is 30.8 Å². The van der Waals surface area contributed by atoms with Gasteiger partial charge in [-0.1, -0.05) is 11.6 Å². The number of benzene rings is 1. The van der Waals surface area contributed by atoms with Gasteiger partial charge in [-0.2, -0.15) is 13.2 Å². The summed E-state index contributed by atoms with van der Waals surface area (Å²) in [6, 6.07) is 5.92. The highest BCUT2D eigenvalue weighted by Gasteiger charge is 2.50. The van der Waals surface area contributed by atoms with E-state index in [4.69, 9.17) is 22.1 Å². The fourth-order valence-corrected chi connectivity index (χ4v) is 8.19. The predicted molar refractivity (Wildman–Crippen MR) is 137 cm³/mol. The maximum Gasteiger partial charge on any atom is 0.420 e. The first kappa shape index (κ1) is 25.0. The average Bonchev–Trinajstić information content (AvgIpc) is 2.84. The fraction of sp³-hybridized carbons (Fsp3) is 0.630. The van der Waals surface area contributed by atoms with Crippen LogP contribution in [0.15, 0.2) is 24.4 Å². The fourth-order valence-electron chi connectivity index (χ4n) is 7.95. The molecule has 6 nitrogen and oxygen atoms in total. The molecular weight excluding hydrogens is 503 g/mol. The van der Waals surface area contributed by atoms with E-state index in [9.17, 15) is 13.2 Å². The Morgan fingerprint density at radius 3 is 2.27 bits per heavy atom. The first-order chi connectivity index (χ1) is 17.7. The van der Waals surface area contributed by atoms with Crippen LogP contribution in [0.25, 0.3) is 0 Å². The molecule has 5 aliphatic rings. The summed E-state index contributed by atoms with van der Waals surface area (Å²) >= 11 is 6.02. The van der Waals surface area contributed by atoms with Gasteiger partial charge in [-0.25, -0.2) is 9.97 Å². The highest BCUT2D eigenvalue weighted by molar-refractivity contribution is 6.30. The number of rotatable bonds is 5. The lowest BCUT2D eigenvalue weighted by molar-refractivity contribution is -0.137. The van der Waals surface area contributed by atoms with Crippen LogP contribution in [0.3, 0.4) is 0 Å². The van der Waals surface area contributed by atoms with Crippen LogP contribution in [-0.2, 0) is 6.18 Å². The van der Waals surface area contributed by atoms with E-state index in [2.05, 4.69) is 14.9 Å². The molecule has 37 heavy (non-hydrogen) atoms. The van der Waals surface area contributed by atoms with Gasteiger partial charge in [-0.3, -0.25) is 4.90 Å². The quantitative estimate of drug-likeness (QED) is 0.365. The van der Waals surface area contributed by atoms with E-state index in [1.165, 1.54) is 32.1 Å². The van der Waals surface area contributed by atoms with Gasteiger partial charge in [-0.15, -0.1) is 0 Å². The first-order valence-electron chi connectivity index (χ1n) is 13.3. The van der Waals surface area contributed by atoms with Crippen molar-refractivity contribution >= 4 is 28.9 Å². The Morgan fingerprint density at radius 1 is 1.05 bits per heavy atom. The van der Waals surface area contributed by atoms with Crippen LogP contribution in [-0.4, -0.2) is 47.2 Å². The lowest BCUT2D eigenvalue weighted by atomic mass is 9.53. The third-order valence-electron chi connectivity index (χ3n) is 9.18. The van der Waals surface area contributed by atoms with E-state index in [-0.39, 0.29) is 12.0 Å². The highest BCUT2D eigenvalue weighted by atomic mass is 35.5. The number of hydrogen-bond donors (Lipinski definition) is 1. The largest absolute Gasteiger partial charge is 0.494 e. The molecule has 1 aliphatic heterocycles. The molecule has 2 heterocycles. The average molecular weight is 536 g/mol. The van der Waals surface area contributed by atoms with Gasteiger partial charge in [0.2, 0.25) is 5.95 Å². The minimum Gasteiger partial charge on any atom is -0.494 e. The minimum atomic E-state index is -4.62. The number of nitrogens with zero attached hydrogens (tertiary/aromatic N) is 4. The van der Waals surface area contributed by atoms with Crippen molar-refractivity contribution in [3.63, 3.8) is 0 Å². The van der Waals surface area contributed by atoms with Crippen LogP contribution in [0.2, 0.25) is 5.15 Å². The third kappa shape index (κ3) is 4.62. The summed E-state index contributed by atoms with van der Waals surface area (Å²) in [5.41, 5.74) is 6.14. The molecule has 4 aliphatic carbocycles. The lowest BCUT2D eigenvalue weighted by Crippen LogP contribution is -2.58.